The van der Waals surface area contributed by atoms with Crippen LogP contribution in [0.2, 0.25) is 0 Å². The number of hydrogen-bond acceptors (Lipinski definition) is 4. The van der Waals surface area contributed by atoms with Crippen LogP contribution >= 0.6 is 0 Å². The molecule has 0 spiro atoms. The number of nitrogens with zero attached hydrogens (tertiary/aromatic N) is 1. The van der Waals surface area contributed by atoms with Gasteiger partial charge in [-0.05, 0) is 56.5 Å². The first-order valence-electron chi connectivity index (χ1n) is 8.95. The van der Waals surface area contributed by atoms with Crippen molar-refractivity contribution in [3.8, 4) is 11.5 Å². The summed E-state index contributed by atoms with van der Waals surface area (Å²) in [7, 11) is 1.55. The van der Waals surface area contributed by atoms with Gasteiger partial charge < -0.3 is 15.2 Å². The summed E-state index contributed by atoms with van der Waals surface area (Å²) in [6.07, 6.45) is 4.05. The van der Waals surface area contributed by atoms with E-state index >= 15 is 0 Å². The third kappa shape index (κ3) is 3.83. The molecule has 1 heterocycles. The molecule has 134 valence electrons. The highest BCUT2D eigenvalue weighted by Gasteiger charge is 2.26. The summed E-state index contributed by atoms with van der Waals surface area (Å²) < 4.78 is 5.47. The zero-order valence-electron chi connectivity index (χ0n) is 15.3. The predicted octanol–water partition coefficient (Wildman–Crippen LogP) is 2.88. The van der Waals surface area contributed by atoms with E-state index in [0.717, 1.165) is 37.9 Å². The van der Waals surface area contributed by atoms with Crippen molar-refractivity contribution < 1.29 is 14.6 Å². The number of rotatable bonds is 7. The van der Waals surface area contributed by atoms with Gasteiger partial charge in [0.2, 0.25) is 0 Å². The van der Waals surface area contributed by atoms with E-state index in [-0.39, 0.29) is 17.2 Å². The lowest BCUT2D eigenvalue weighted by Gasteiger charge is -2.23. The van der Waals surface area contributed by atoms with E-state index in [2.05, 4.69) is 24.1 Å². The highest BCUT2D eigenvalue weighted by molar-refractivity contribution is 6.00. The molecule has 0 unspecified atom stereocenters. The average molecular weight is 334 g/mol. The first-order valence-corrected chi connectivity index (χ1v) is 8.95. The number of ether oxygens (including phenoxy) is 1. The number of carbonyl (C=O) groups excluding carboxylic acids is 1. The van der Waals surface area contributed by atoms with Gasteiger partial charge in [0.05, 0.1) is 7.11 Å². The Kier molecular flexibility index (Phi) is 6.49. The minimum Gasteiger partial charge on any atom is -0.507 e. The van der Waals surface area contributed by atoms with Crippen molar-refractivity contribution in [1.29, 1.82) is 0 Å². The summed E-state index contributed by atoms with van der Waals surface area (Å²) in [4.78, 5) is 15.1. The standard InChI is InChI=1S/C19H30N2O3/c1-5-8-14-11-13(3)17(22)16(18(14)24-4)19(23)20-12-15-9-7-10-21(15)6-2/h11,15,22H,5-10,12H2,1-4H3,(H,20,23)/t15-/m0/s1. The first kappa shape index (κ1) is 18.6. The van der Waals surface area contributed by atoms with Crippen LogP contribution in [0, 0.1) is 6.92 Å². The van der Waals surface area contributed by atoms with Gasteiger partial charge in [0.1, 0.15) is 17.1 Å². The van der Waals surface area contributed by atoms with Gasteiger partial charge in [0, 0.05) is 12.6 Å². The second-order valence-electron chi connectivity index (χ2n) is 6.49. The van der Waals surface area contributed by atoms with Gasteiger partial charge in [-0.15, -0.1) is 0 Å². The van der Waals surface area contributed by atoms with Gasteiger partial charge in [0.25, 0.3) is 5.91 Å². The topological polar surface area (TPSA) is 61.8 Å². The molecule has 0 bridgehead atoms. The number of benzene rings is 1. The van der Waals surface area contributed by atoms with Gasteiger partial charge in [-0.2, -0.15) is 0 Å². The Hall–Kier alpha value is -1.75. The fourth-order valence-electron chi connectivity index (χ4n) is 3.60. The molecule has 1 aromatic rings. The second kappa shape index (κ2) is 8.38. The number of phenols is 1. The van der Waals surface area contributed by atoms with Gasteiger partial charge in [-0.3, -0.25) is 9.69 Å². The number of amides is 1. The third-order valence-electron chi connectivity index (χ3n) is 4.87. The van der Waals surface area contributed by atoms with Gasteiger partial charge in [-0.25, -0.2) is 0 Å². The van der Waals surface area contributed by atoms with E-state index in [1.54, 1.807) is 7.11 Å². The largest absolute Gasteiger partial charge is 0.507 e. The number of methoxy groups -OCH3 is 1. The molecule has 1 fully saturated rings. The number of nitrogens with one attached hydrogen (secondary N) is 1. The van der Waals surface area contributed by atoms with Crippen molar-refractivity contribution in [1.82, 2.24) is 10.2 Å². The lowest BCUT2D eigenvalue weighted by Crippen LogP contribution is -2.40. The highest BCUT2D eigenvalue weighted by Crippen LogP contribution is 2.35. The summed E-state index contributed by atoms with van der Waals surface area (Å²) in [5.74, 6) is 0.257. The van der Waals surface area contributed by atoms with E-state index in [1.165, 1.54) is 6.42 Å². The maximum atomic E-state index is 12.7. The highest BCUT2D eigenvalue weighted by atomic mass is 16.5. The normalized spacial score (nSPS) is 17.9. The Bertz CT molecular complexity index is 586. The van der Waals surface area contributed by atoms with Gasteiger partial charge in [-0.1, -0.05) is 20.3 Å². The third-order valence-corrected chi connectivity index (χ3v) is 4.87. The first-order chi connectivity index (χ1) is 11.5. The maximum absolute atomic E-state index is 12.7. The number of phenolic OH excluding ortho intramolecular Hbond substituents is 1. The molecule has 5 heteroatoms. The van der Waals surface area contributed by atoms with Crippen molar-refractivity contribution in [2.24, 2.45) is 0 Å². The summed E-state index contributed by atoms with van der Waals surface area (Å²) in [6.45, 7) is 8.75. The quantitative estimate of drug-likeness (QED) is 0.805. The minimum atomic E-state index is -0.256. The van der Waals surface area contributed by atoms with E-state index in [0.29, 0.717) is 23.9 Å². The Labute approximate surface area is 145 Å². The Morgan fingerprint density at radius 2 is 2.21 bits per heavy atom. The lowest BCUT2D eigenvalue weighted by molar-refractivity contribution is 0.0935. The predicted molar refractivity (Wildman–Crippen MR) is 96.0 cm³/mol. The van der Waals surface area contributed by atoms with Crippen molar-refractivity contribution >= 4 is 5.91 Å². The van der Waals surface area contributed by atoms with E-state index < -0.39 is 0 Å². The van der Waals surface area contributed by atoms with Crippen LogP contribution in [-0.4, -0.2) is 48.7 Å². The molecule has 1 aliphatic rings. The van der Waals surface area contributed by atoms with Crippen molar-refractivity contribution in [3.05, 3.63) is 22.8 Å². The summed E-state index contributed by atoms with van der Waals surface area (Å²) in [6, 6.07) is 2.29. The van der Waals surface area contributed by atoms with E-state index in [1.807, 2.05) is 13.0 Å². The molecule has 0 aliphatic carbocycles. The van der Waals surface area contributed by atoms with E-state index in [4.69, 9.17) is 4.74 Å². The number of hydrogen-bond donors (Lipinski definition) is 2. The maximum Gasteiger partial charge on any atom is 0.258 e. The number of likely N-dealkylation sites (tertiary alicyclic amines) is 1. The molecule has 1 aromatic carbocycles. The molecule has 0 saturated carbocycles. The molecule has 1 saturated heterocycles. The smallest absolute Gasteiger partial charge is 0.258 e. The van der Waals surface area contributed by atoms with Crippen LogP contribution in [0.5, 0.6) is 11.5 Å². The minimum absolute atomic E-state index is 0.0166. The molecule has 2 rings (SSSR count). The van der Waals surface area contributed by atoms with Crippen LogP contribution in [-0.2, 0) is 6.42 Å². The van der Waals surface area contributed by atoms with E-state index in [9.17, 15) is 9.90 Å². The van der Waals surface area contributed by atoms with Crippen molar-refractivity contribution in [2.45, 2.75) is 52.5 Å². The Morgan fingerprint density at radius 1 is 1.46 bits per heavy atom. The van der Waals surface area contributed by atoms with Gasteiger partial charge in [0.15, 0.2) is 0 Å². The van der Waals surface area contributed by atoms with Gasteiger partial charge >= 0.3 is 0 Å². The average Bonchev–Trinajstić information content (AvgIpc) is 3.03. The van der Waals surface area contributed by atoms with Crippen molar-refractivity contribution in [3.63, 3.8) is 0 Å². The monoisotopic (exact) mass is 334 g/mol. The SMILES string of the molecule is CCCc1cc(C)c(O)c(C(=O)NC[C@@H]2CCCN2CC)c1OC. The van der Waals surface area contributed by atoms with Crippen LogP contribution in [0.25, 0.3) is 0 Å². The lowest BCUT2D eigenvalue weighted by atomic mass is 9.99. The van der Waals surface area contributed by atoms with Crippen LogP contribution in [0.4, 0.5) is 0 Å². The zero-order chi connectivity index (χ0) is 17.7. The fraction of sp³-hybridized carbons (Fsp3) is 0.632. The molecular formula is C19H30N2O3. The molecule has 1 amide bonds. The summed E-state index contributed by atoms with van der Waals surface area (Å²) >= 11 is 0. The van der Waals surface area contributed by atoms with Crippen molar-refractivity contribution in [2.75, 3.05) is 26.7 Å². The molecule has 24 heavy (non-hydrogen) atoms. The molecule has 0 aromatic heterocycles. The molecule has 5 nitrogen and oxygen atoms in total. The summed E-state index contributed by atoms with van der Waals surface area (Å²) in [5.41, 5.74) is 1.94. The Morgan fingerprint density at radius 3 is 2.83 bits per heavy atom. The van der Waals surface area contributed by atoms with Crippen LogP contribution < -0.4 is 10.1 Å². The molecule has 1 aliphatic heterocycles. The second-order valence-corrected chi connectivity index (χ2v) is 6.49. The fourth-order valence-corrected chi connectivity index (χ4v) is 3.60. The number of carbonyl (C=O) groups is 1. The van der Waals surface area contributed by atoms with Crippen LogP contribution in [0.3, 0.4) is 0 Å². The molecule has 0 radical (unpaired) electrons. The van der Waals surface area contributed by atoms with Crippen LogP contribution in [0.15, 0.2) is 6.07 Å². The molecular weight excluding hydrogens is 304 g/mol. The number of aromatic hydroxyl groups is 1. The van der Waals surface area contributed by atoms with Crippen LogP contribution in [0.1, 0.15) is 54.6 Å². The summed E-state index contributed by atoms with van der Waals surface area (Å²) in [5, 5.41) is 13.4. The molecule has 1 atom stereocenters. The zero-order valence-corrected chi connectivity index (χ0v) is 15.3. The Balaban J connectivity index is 2.21. The molecule has 2 N–H and O–H groups in total. The number of aryl methyl sites for hydroxylation is 2. The number of likely N-dealkylation sites (N-methyl/N-ethyl adjacent to an activating group) is 1.